The van der Waals surface area contributed by atoms with Crippen molar-refractivity contribution < 1.29 is 4.42 Å². The molecule has 0 spiro atoms. The molecule has 1 N–H and O–H groups in total. The largest absolute Gasteiger partial charge is 0.461 e. The van der Waals surface area contributed by atoms with Crippen molar-refractivity contribution in [2.24, 2.45) is 0 Å². The Balaban J connectivity index is 1.73. The third-order valence-electron chi connectivity index (χ3n) is 3.13. The molecular weight excluding hydrogens is 322 g/mol. The Labute approximate surface area is 124 Å². The molecule has 0 aliphatic heterocycles. The van der Waals surface area contributed by atoms with Crippen LogP contribution in [-0.2, 0) is 13.1 Å². The van der Waals surface area contributed by atoms with Gasteiger partial charge in [0, 0.05) is 28.9 Å². The number of thiophene rings is 1. The highest BCUT2D eigenvalue weighted by Gasteiger charge is 2.09. The second-order valence-electron chi connectivity index (χ2n) is 4.44. The van der Waals surface area contributed by atoms with Crippen LogP contribution in [0.2, 0.25) is 0 Å². The lowest BCUT2D eigenvalue weighted by Gasteiger charge is -2.02. The number of furan rings is 1. The fourth-order valence-electron chi connectivity index (χ4n) is 2.20. The zero-order chi connectivity index (χ0) is 13.2. The number of fused-ring (bicyclic) bond motifs is 1. The van der Waals surface area contributed by atoms with Crippen molar-refractivity contribution in [2.75, 3.05) is 0 Å². The quantitative estimate of drug-likeness (QED) is 0.736. The van der Waals surface area contributed by atoms with E-state index in [1.165, 1.54) is 19.6 Å². The van der Waals surface area contributed by atoms with Crippen LogP contribution in [-0.4, -0.2) is 0 Å². The molecule has 0 fully saturated rings. The minimum atomic E-state index is 0.832. The molecule has 2 aromatic heterocycles. The summed E-state index contributed by atoms with van der Waals surface area (Å²) in [6, 6.07) is 12.4. The van der Waals surface area contributed by atoms with Crippen LogP contribution in [0.1, 0.15) is 16.2 Å². The molecule has 0 atom stereocenters. The molecule has 0 saturated heterocycles. The average molecular weight is 336 g/mol. The maximum atomic E-state index is 5.76. The Morgan fingerprint density at radius 3 is 2.79 bits per heavy atom. The Bertz CT molecular complexity index is 701. The second-order valence-corrected chi connectivity index (χ2v) is 6.99. The Morgan fingerprint density at radius 2 is 2.00 bits per heavy atom. The van der Waals surface area contributed by atoms with Gasteiger partial charge in [-0.05, 0) is 41.1 Å². The summed E-state index contributed by atoms with van der Waals surface area (Å²) in [5.41, 5.74) is 2.22. The van der Waals surface area contributed by atoms with Gasteiger partial charge in [-0.25, -0.2) is 0 Å². The van der Waals surface area contributed by atoms with Crippen molar-refractivity contribution in [1.82, 2.24) is 5.32 Å². The molecule has 2 heterocycles. The fourth-order valence-corrected chi connectivity index (χ4v) is 3.65. The third-order valence-corrected chi connectivity index (χ3v) is 4.75. The minimum absolute atomic E-state index is 0.832. The molecule has 4 heteroatoms. The number of nitrogens with one attached hydrogen (secondary N) is 1. The van der Waals surface area contributed by atoms with Gasteiger partial charge in [-0.1, -0.05) is 18.2 Å². The molecule has 1 aromatic carbocycles. The molecule has 0 saturated carbocycles. The molecule has 98 valence electrons. The number of rotatable bonds is 4. The Hall–Kier alpha value is -1.10. The first-order chi connectivity index (χ1) is 9.24. The van der Waals surface area contributed by atoms with Gasteiger partial charge in [-0.3, -0.25) is 0 Å². The first-order valence-electron chi connectivity index (χ1n) is 6.16. The van der Waals surface area contributed by atoms with Crippen molar-refractivity contribution in [1.29, 1.82) is 0 Å². The van der Waals surface area contributed by atoms with E-state index < -0.39 is 0 Å². The Morgan fingerprint density at radius 1 is 1.16 bits per heavy atom. The lowest BCUT2D eigenvalue weighted by atomic mass is 10.1. The van der Waals surface area contributed by atoms with E-state index in [0.29, 0.717) is 0 Å². The number of para-hydroxylation sites is 1. The van der Waals surface area contributed by atoms with E-state index in [0.717, 1.165) is 24.4 Å². The van der Waals surface area contributed by atoms with Crippen LogP contribution in [0, 0.1) is 6.92 Å². The number of benzene rings is 1. The summed E-state index contributed by atoms with van der Waals surface area (Å²) in [6.07, 6.45) is 0. The molecule has 0 amide bonds. The minimum Gasteiger partial charge on any atom is -0.461 e. The maximum Gasteiger partial charge on any atom is 0.134 e. The topological polar surface area (TPSA) is 25.2 Å². The van der Waals surface area contributed by atoms with Gasteiger partial charge in [0.25, 0.3) is 0 Å². The molecule has 3 aromatic rings. The summed E-state index contributed by atoms with van der Waals surface area (Å²) >= 11 is 5.25. The van der Waals surface area contributed by atoms with Crippen LogP contribution in [0.4, 0.5) is 0 Å². The lowest BCUT2D eigenvalue weighted by Crippen LogP contribution is -2.12. The SMILES string of the molecule is Cc1oc2ccccc2c1CNCc1ccc(Br)s1. The smallest absolute Gasteiger partial charge is 0.134 e. The molecule has 3 rings (SSSR count). The third kappa shape index (κ3) is 2.76. The van der Waals surface area contributed by atoms with Gasteiger partial charge in [0.15, 0.2) is 0 Å². The zero-order valence-corrected chi connectivity index (χ0v) is 13.0. The molecule has 0 aliphatic rings. The van der Waals surface area contributed by atoms with E-state index in [1.807, 2.05) is 19.1 Å². The maximum absolute atomic E-state index is 5.76. The van der Waals surface area contributed by atoms with E-state index in [-0.39, 0.29) is 0 Å². The first kappa shape index (κ1) is 12.9. The van der Waals surface area contributed by atoms with Gasteiger partial charge in [-0.15, -0.1) is 11.3 Å². The molecular formula is C15H14BrNOS. The lowest BCUT2D eigenvalue weighted by molar-refractivity contribution is 0.565. The second kappa shape index (κ2) is 5.49. The van der Waals surface area contributed by atoms with E-state index in [9.17, 15) is 0 Å². The zero-order valence-electron chi connectivity index (χ0n) is 10.6. The molecule has 0 bridgehead atoms. The summed E-state index contributed by atoms with van der Waals surface area (Å²) in [7, 11) is 0. The van der Waals surface area contributed by atoms with Gasteiger partial charge in [0.05, 0.1) is 3.79 Å². The van der Waals surface area contributed by atoms with Gasteiger partial charge in [0.1, 0.15) is 11.3 Å². The van der Waals surface area contributed by atoms with Crippen molar-refractivity contribution in [3.63, 3.8) is 0 Å². The van der Waals surface area contributed by atoms with Crippen LogP contribution >= 0.6 is 27.3 Å². The molecule has 0 aliphatic carbocycles. The van der Waals surface area contributed by atoms with Crippen LogP contribution in [0.5, 0.6) is 0 Å². The summed E-state index contributed by atoms with van der Waals surface area (Å²) in [4.78, 5) is 1.33. The number of hydrogen-bond acceptors (Lipinski definition) is 3. The Kier molecular flexibility index (Phi) is 3.73. The summed E-state index contributed by atoms with van der Waals surface area (Å²) < 4.78 is 6.94. The predicted molar refractivity (Wildman–Crippen MR) is 83.5 cm³/mol. The standard InChI is InChI=1S/C15H14BrNOS/c1-10-13(12-4-2-3-5-14(12)18-10)9-17-8-11-6-7-15(16)19-11/h2-7,17H,8-9H2,1H3. The van der Waals surface area contributed by atoms with Crippen LogP contribution in [0.15, 0.2) is 44.6 Å². The number of aryl methyl sites for hydroxylation is 1. The summed E-state index contributed by atoms with van der Waals surface area (Å²) in [5.74, 6) is 1.00. The van der Waals surface area contributed by atoms with Gasteiger partial charge >= 0.3 is 0 Å². The van der Waals surface area contributed by atoms with E-state index >= 15 is 0 Å². The summed E-state index contributed by atoms with van der Waals surface area (Å²) in [5, 5.41) is 4.69. The molecule has 0 unspecified atom stereocenters. The normalized spacial score (nSPS) is 11.3. The van der Waals surface area contributed by atoms with E-state index in [1.54, 1.807) is 11.3 Å². The van der Waals surface area contributed by atoms with Crippen molar-refractivity contribution in [3.05, 3.63) is 56.4 Å². The monoisotopic (exact) mass is 335 g/mol. The van der Waals surface area contributed by atoms with Crippen LogP contribution in [0.25, 0.3) is 11.0 Å². The highest BCUT2D eigenvalue weighted by Crippen LogP contribution is 2.25. The molecule has 0 radical (unpaired) electrons. The van der Waals surface area contributed by atoms with Gasteiger partial charge in [-0.2, -0.15) is 0 Å². The first-order valence-corrected chi connectivity index (χ1v) is 7.77. The van der Waals surface area contributed by atoms with Gasteiger partial charge in [0.2, 0.25) is 0 Å². The number of hydrogen-bond donors (Lipinski definition) is 1. The van der Waals surface area contributed by atoms with E-state index in [2.05, 4.69) is 45.5 Å². The highest BCUT2D eigenvalue weighted by atomic mass is 79.9. The van der Waals surface area contributed by atoms with Crippen molar-refractivity contribution in [2.45, 2.75) is 20.0 Å². The number of halogens is 1. The average Bonchev–Trinajstić information content (AvgIpc) is 2.94. The van der Waals surface area contributed by atoms with Crippen molar-refractivity contribution >= 4 is 38.2 Å². The summed E-state index contributed by atoms with van der Waals surface area (Å²) in [6.45, 7) is 3.74. The molecule has 2 nitrogen and oxygen atoms in total. The van der Waals surface area contributed by atoms with Gasteiger partial charge < -0.3 is 9.73 Å². The van der Waals surface area contributed by atoms with Crippen molar-refractivity contribution in [3.8, 4) is 0 Å². The van der Waals surface area contributed by atoms with Crippen LogP contribution in [0.3, 0.4) is 0 Å². The molecule has 19 heavy (non-hydrogen) atoms. The highest BCUT2D eigenvalue weighted by molar-refractivity contribution is 9.11. The van der Waals surface area contributed by atoms with Crippen LogP contribution < -0.4 is 5.32 Å². The predicted octanol–water partition coefficient (Wildman–Crippen LogP) is 4.86. The fraction of sp³-hybridized carbons (Fsp3) is 0.200. The van der Waals surface area contributed by atoms with E-state index in [4.69, 9.17) is 4.42 Å².